The van der Waals surface area contributed by atoms with Crippen molar-refractivity contribution in [3.8, 4) is 0 Å². The molecule has 1 aliphatic rings. The van der Waals surface area contributed by atoms with E-state index >= 15 is 0 Å². The fourth-order valence-corrected chi connectivity index (χ4v) is 2.99. The van der Waals surface area contributed by atoms with E-state index in [9.17, 15) is 4.79 Å². The number of hydrogen-bond donors (Lipinski definition) is 1. The second-order valence-corrected chi connectivity index (χ2v) is 7.07. The largest absolute Gasteiger partial charge is 0.399 e. The van der Waals surface area contributed by atoms with Gasteiger partial charge in [0.2, 0.25) is 5.91 Å². The Balaban J connectivity index is 1.99. The third-order valence-electron chi connectivity index (χ3n) is 3.88. The minimum atomic E-state index is 0.251. The molecule has 20 heavy (non-hydrogen) atoms. The monoisotopic (exact) mass is 274 g/mol. The molecule has 1 aromatic carbocycles. The Hall–Kier alpha value is -1.51. The van der Waals surface area contributed by atoms with Gasteiger partial charge in [0.1, 0.15) is 0 Å². The minimum Gasteiger partial charge on any atom is -0.399 e. The van der Waals surface area contributed by atoms with Gasteiger partial charge in [0.25, 0.3) is 0 Å². The Morgan fingerprint density at radius 1 is 1.30 bits per heavy atom. The first-order chi connectivity index (χ1) is 9.35. The highest BCUT2D eigenvalue weighted by Gasteiger charge is 2.31. The molecule has 2 rings (SSSR count). The van der Waals surface area contributed by atoms with Crippen LogP contribution in [-0.2, 0) is 11.2 Å². The van der Waals surface area contributed by atoms with Crippen LogP contribution in [-0.4, -0.2) is 23.4 Å². The summed E-state index contributed by atoms with van der Waals surface area (Å²) in [4.78, 5) is 14.6. The maximum absolute atomic E-state index is 12.5. The molecular formula is C17H26N2O. The van der Waals surface area contributed by atoms with Crippen LogP contribution in [0, 0.1) is 5.41 Å². The molecule has 1 aliphatic heterocycles. The molecule has 3 nitrogen and oxygen atoms in total. The van der Waals surface area contributed by atoms with Crippen LogP contribution < -0.4 is 5.73 Å². The van der Waals surface area contributed by atoms with Gasteiger partial charge in [0.05, 0.1) is 6.42 Å². The summed E-state index contributed by atoms with van der Waals surface area (Å²) in [6.07, 6.45) is 3.85. The van der Waals surface area contributed by atoms with Crippen LogP contribution in [0.3, 0.4) is 0 Å². The highest BCUT2D eigenvalue weighted by Crippen LogP contribution is 2.30. The fraction of sp³-hybridized carbons (Fsp3) is 0.588. The third-order valence-corrected chi connectivity index (χ3v) is 3.88. The van der Waals surface area contributed by atoms with E-state index in [0.717, 1.165) is 37.1 Å². The van der Waals surface area contributed by atoms with Gasteiger partial charge in [-0.3, -0.25) is 4.79 Å². The van der Waals surface area contributed by atoms with E-state index in [2.05, 4.69) is 25.7 Å². The molecular weight excluding hydrogens is 248 g/mol. The van der Waals surface area contributed by atoms with E-state index in [0.29, 0.717) is 12.5 Å². The van der Waals surface area contributed by atoms with Crippen molar-refractivity contribution in [3.63, 3.8) is 0 Å². The number of hydrogen-bond acceptors (Lipinski definition) is 2. The first kappa shape index (κ1) is 14.9. The Kier molecular flexibility index (Phi) is 4.36. The lowest BCUT2D eigenvalue weighted by Crippen LogP contribution is -2.38. The lowest BCUT2D eigenvalue weighted by Gasteiger charge is -2.30. The molecule has 1 saturated heterocycles. The van der Waals surface area contributed by atoms with Gasteiger partial charge < -0.3 is 10.6 Å². The second-order valence-electron chi connectivity index (χ2n) is 7.07. The fourth-order valence-electron chi connectivity index (χ4n) is 2.99. The van der Waals surface area contributed by atoms with Crippen molar-refractivity contribution >= 4 is 11.6 Å². The normalized spacial score (nSPS) is 19.4. The average molecular weight is 274 g/mol. The molecule has 0 bridgehead atoms. The predicted molar refractivity (Wildman–Crippen MR) is 83.4 cm³/mol. The lowest BCUT2D eigenvalue weighted by molar-refractivity contribution is -0.131. The van der Waals surface area contributed by atoms with Gasteiger partial charge >= 0.3 is 0 Å². The number of amides is 1. The molecule has 1 fully saturated rings. The smallest absolute Gasteiger partial charge is 0.227 e. The summed E-state index contributed by atoms with van der Waals surface area (Å²) in [5.41, 5.74) is 7.74. The zero-order valence-electron chi connectivity index (χ0n) is 12.9. The minimum absolute atomic E-state index is 0.251. The number of nitrogens with two attached hydrogens (primary N) is 1. The summed E-state index contributed by atoms with van der Waals surface area (Å²) in [7, 11) is 0. The Morgan fingerprint density at radius 2 is 1.95 bits per heavy atom. The number of likely N-dealkylation sites (tertiary alicyclic amines) is 1. The van der Waals surface area contributed by atoms with Gasteiger partial charge in [-0.05, 0) is 42.4 Å². The standard InChI is InChI=1S/C17H26N2O/c1-17(2,3)12-15-5-4-10-19(15)16(20)11-13-6-8-14(18)9-7-13/h6-9,15H,4-5,10-12,18H2,1-3H3/t15-/m1/s1. The number of benzene rings is 1. The number of nitrogen functional groups attached to an aromatic ring is 1. The van der Waals surface area contributed by atoms with E-state index < -0.39 is 0 Å². The van der Waals surface area contributed by atoms with Gasteiger partial charge in [0.15, 0.2) is 0 Å². The zero-order chi connectivity index (χ0) is 14.8. The first-order valence-electron chi connectivity index (χ1n) is 7.49. The van der Waals surface area contributed by atoms with E-state index in [1.807, 2.05) is 24.3 Å². The van der Waals surface area contributed by atoms with Crippen molar-refractivity contribution in [2.45, 2.75) is 52.5 Å². The zero-order valence-corrected chi connectivity index (χ0v) is 12.9. The topological polar surface area (TPSA) is 46.3 Å². The Labute approximate surface area is 122 Å². The van der Waals surface area contributed by atoms with E-state index in [4.69, 9.17) is 5.73 Å². The highest BCUT2D eigenvalue weighted by atomic mass is 16.2. The van der Waals surface area contributed by atoms with Crippen LogP contribution in [0.25, 0.3) is 0 Å². The van der Waals surface area contributed by atoms with Crippen LogP contribution in [0.15, 0.2) is 24.3 Å². The molecule has 1 heterocycles. The summed E-state index contributed by atoms with van der Waals surface area (Å²) in [6, 6.07) is 8.03. The van der Waals surface area contributed by atoms with Crippen molar-refractivity contribution in [1.82, 2.24) is 4.90 Å². The molecule has 0 radical (unpaired) electrons. The van der Waals surface area contributed by atoms with Gasteiger partial charge in [-0.2, -0.15) is 0 Å². The Bertz CT molecular complexity index is 459. The van der Waals surface area contributed by atoms with Crippen LogP contribution in [0.5, 0.6) is 0 Å². The summed E-state index contributed by atoms with van der Waals surface area (Å²) in [5, 5.41) is 0. The summed E-state index contributed by atoms with van der Waals surface area (Å²) >= 11 is 0. The molecule has 1 atom stereocenters. The van der Waals surface area contributed by atoms with Crippen molar-refractivity contribution in [2.75, 3.05) is 12.3 Å². The number of rotatable bonds is 3. The number of carbonyl (C=O) groups excluding carboxylic acids is 1. The van der Waals surface area contributed by atoms with Crippen LogP contribution in [0.1, 0.15) is 45.6 Å². The summed E-state index contributed by atoms with van der Waals surface area (Å²) in [5.74, 6) is 0.251. The molecule has 2 N–H and O–H groups in total. The number of nitrogens with zero attached hydrogens (tertiary/aromatic N) is 1. The average Bonchev–Trinajstić information content (AvgIpc) is 2.78. The number of anilines is 1. The van der Waals surface area contributed by atoms with E-state index in [1.165, 1.54) is 0 Å². The number of carbonyl (C=O) groups is 1. The summed E-state index contributed by atoms with van der Waals surface area (Å²) in [6.45, 7) is 7.64. The molecule has 0 spiro atoms. The van der Waals surface area contributed by atoms with Crippen molar-refractivity contribution in [2.24, 2.45) is 5.41 Å². The molecule has 0 saturated carbocycles. The lowest BCUT2D eigenvalue weighted by atomic mass is 9.87. The second kappa shape index (κ2) is 5.86. The molecule has 3 heteroatoms. The van der Waals surface area contributed by atoms with Gasteiger partial charge in [0, 0.05) is 18.3 Å². The van der Waals surface area contributed by atoms with Gasteiger partial charge in [-0.25, -0.2) is 0 Å². The van der Waals surface area contributed by atoms with Crippen molar-refractivity contribution in [1.29, 1.82) is 0 Å². The SMILES string of the molecule is CC(C)(C)C[C@H]1CCCN1C(=O)Cc1ccc(N)cc1. The maximum atomic E-state index is 12.5. The quantitative estimate of drug-likeness (QED) is 0.860. The van der Waals surface area contributed by atoms with Crippen molar-refractivity contribution in [3.05, 3.63) is 29.8 Å². The van der Waals surface area contributed by atoms with E-state index in [1.54, 1.807) is 0 Å². The molecule has 1 aromatic rings. The molecule has 0 aromatic heterocycles. The van der Waals surface area contributed by atoms with Crippen LogP contribution in [0.2, 0.25) is 0 Å². The van der Waals surface area contributed by atoms with Gasteiger partial charge in [-0.15, -0.1) is 0 Å². The van der Waals surface area contributed by atoms with Crippen molar-refractivity contribution < 1.29 is 4.79 Å². The predicted octanol–water partition coefficient (Wildman–Crippen LogP) is 3.24. The van der Waals surface area contributed by atoms with Crippen LogP contribution in [0.4, 0.5) is 5.69 Å². The maximum Gasteiger partial charge on any atom is 0.227 e. The molecule has 0 unspecified atom stereocenters. The molecule has 1 amide bonds. The third kappa shape index (κ3) is 3.99. The molecule has 0 aliphatic carbocycles. The molecule has 110 valence electrons. The van der Waals surface area contributed by atoms with Crippen LogP contribution >= 0.6 is 0 Å². The first-order valence-corrected chi connectivity index (χ1v) is 7.49. The van der Waals surface area contributed by atoms with E-state index in [-0.39, 0.29) is 11.3 Å². The Morgan fingerprint density at radius 3 is 2.55 bits per heavy atom. The van der Waals surface area contributed by atoms with Gasteiger partial charge in [-0.1, -0.05) is 32.9 Å². The summed E-state index contributed by atoms with van der Waals surface area (Å²) < 4.78 is 0. The highest BCUT2D eigenvalue weighted by molar-refractivity contribution is 5.79.